The third-order valence-corrected chi connectivity index (χ3v) is 10.5. The minimum Gasteiger partial charge on any atom is -0.346 e. The van der Waals surface area contributed by atoms with E-state index in [0.717, 1.165) is 82.1 Å². The fraction of sp³-hybridized carbons (Fsp3) is 0.227. The van der Waals surface area contributed by atoms with Crippen LogP contribution < -0.4 is 0 Å². The van der Waals surface area contributed by atoms with Crippen LogP contribution in [-0.4, -0.2) is 53.6 Å². The van der Waals surface area contributed by atoms with Crippen LogP contribution in [0.2, 0.25) is 0 Å². The first-order valence-electron chi connectivity index (χ1n) is 18.2. The molecule has 0 aliphatic carbocycles. The Kier molecular flexibility index (Phi) is 9.29. The first-order valence-corrected chi connectivity index (χ1v) is 18.2. The normalized spacial score (nSPS) is 20.0. The number of hydrogen-bond acceptors (Lipinski definition) is 4. The van der Waals surface area contributed by atoms with Crippen LogP contribution in [0.25, 0.3) is 33.6 Å². The molecule has 4 heterocycles. The van der Waals surface area contributed by atoms with Crippen molar-refractivity contribution in [1.29, 1.82) is 0 Å². The molecule has 8 heteroatoms. The molecule has 2 unspecified atom stereocenters. The fourth-order valence-corrected chi connectivity index (χ4v) is 7.76. The van der Waals surface area contributed by atoms with Gasteiger partial charge in [-0.25, -0.2) is 9.97 Å². The molecule has 8 rings (SSSR count). The largest absolute Gasteiger partial charge is 0.346 e. The molecule has 0 bridgehead atoms. The van der Waals surface area contributed by atoms with Crippen molar-refractivity contribution in [3.63, 3.8) is 0 Å². The predicted molar refractivity (Wildman–Crippen MR) is 203 cm³/mol. The molecule has 4 aromatic carbocycles. The molecule has 2 aromatic heterocycles. The molecule has 6 aromatic rings. The molecule has 2 fully saturated rings. The molecule has 8 nitrogen and oxygen atoms in total. The number of amides is 2. The van der Waals surface area contributed by atoms with Crippen LogP contribution in [0, 0.1) is 12.8 Å². The maximum absolute atomic E-state index is 13.3. The lowest BCUT2D eigenvalue weighted by Gasteiger charge is -2.27. The lowest BCUT2D eigenvalue weighted by atomic mass is 10.0. The van der Waals surface area contributed by atoms with E-state index >= 15 is 0 Å². The zero-order chi connectivity index (χ0) is 35.6. The third kappa shape index (κ3) is 6.81. The molecule has 2 aliphatic rings. The molecule has 0 saturated carbocycles. The van der Waals surface area contributed by atoms with E-state index in [1.807, 2.05) is 82.9 Å². The van der Waals surface area contributed by atoms with Crippen LogP contribution in [0.3, 0.4) is 0 Å². The fourth-order valence-electron chi connectivity index (χ4n) is 7.76. The number of benzene rings is 4. The Bertz CT molecular complexity index is 1980. The number of carbonyl (C=O) groups excluding carboxylic acids is 2. The average Bonchev–Trinajstić information content (AvgIpc) is 3.99. The summed E-state index contributed by atoms with van der Waals surface area (Å²) >= 11 is 0. The summed E-state index contributed by atoms with van der Waals surface area (Å²) in [6.07, 6.45) is 11.0. The number of nitrogens with one attached hydrogen (secondary N) is 2. The van der Waals surface area contributed by atoms with Crippen molar-refractivity contribution in [3.8, 4) is 33.6 Å². The number of hydrogen-bond donors (Lipinski definition) is 2. The number of aromatic amines is 2. The number of H-pyrrole nitrogens is 2. The van der Waals surface area contributed by atoms with Crippen molar-refractivity contribution < 1.29 is 9.59 Å². The maximum atomic E-state index is 13.3. The Morgan fingerprint density at radius 3 is 1.29 bits per heavy atom. The summed E-state index contributed by atoms with van der Waals surface area (Å²) in [5, 5.41) is 0. The van der Waals surface area contributed by atoms with E-state index in [2.05, 4.69) is 72.3 Å². The monoisotopic (exact) mass is 686 g/mol. The third-order valence-electron chi connectivity index (χ3n) is 10.5. The van der Waals surface area contributed by atoms with Crippen molar-refractivity contribution in [1.82, 2.24) is 29.7 Å². The van der Waals surface area contributed by atoms with Crippen molar-refractivity contribution in [2.24, 2.45) is 0 Å². The van der Waals surface area contributed by atoms with Crippen molar-refractivity contribution >= 4 is 11.8 Å². The van der Waals surface area contributed by atoms with Gasteiger partial charge >= 0.3 is 0 Å². The van der Waals surface area contributed by atoms with Gasteiger partial charge in [0.1, 0.15) is 11.6 Å². The van der Waals surface area contributed by atoms with E-state index in [1.54, 1.807) is 12.8 Å². The molecule has 2 saturated heterocycles. The highest BCUT2D eigenvalue weighted by Gasteiger charge is 2.38. The summed E-state index contributed by atoms with van der Waals surface area (Å²) in [6, 6.07) is 36.5. The van der Waals surface area contributed by atoms with Gasteiger partial charge < -0.3 is 19.8 Å². The van der Waals surface area contributed by atoms with Gasteiger partial charge in [0.15, 0.2) is 0 Å². The maximum Gasteiger partial charge on any atom is 0.232 e. The molecule has 2 radical (unpaired) electrons. The van der Waals surface area contributed by atoms with E-state index in [4.69, 9.17) is 9.97 Å². The number of likely N-dealkylation sites (tertiary alicyclic amines) is 2. The van der Waals surface area contributed by atoms with Crippen molar-refractivity contribution in [2.45, 2.75) is 63.7 Å². The summed E-state index contributed by atoms with van der Waals surface area (Å²) < 4.78 is 0. The van der Waals surface area contributed by atoms with E-state index in [1.165, 1.54) is 0 Å². The standard InChI is InChI=1S/C44H42N6O2/c1-29-13-23-39(49(29)41(51)25-31-9-5-3-6-10-31)43-45-27-37(47-43)35-19-15-33(16-20-35)34-17-21-36(22-18-34)38-28-46-44(48-38)40-24-14-30(2)50(40)42(52)26-32-11-7-4-8-12-32/h3-12,15-22,25-30,39-40H,13-14,23-24H2,1-2H3,(H,45,47)(H,46,48)/t29-,30?,39-,40?/m0/s1. The number of imidazole rings is 2. The second-order valence-electron chi connectivity index (χ2n) is 14.0. The predicted octanol–water partition coefficient (Wildman–Crippen LogP) is 8.74. The van der Waals surface area contributed by atoms with Crippen LogP contribution in [-0.2, 0) is 9.59 Å². The molecule has 2 N–H and O–H groups in total. The number of carbonyl (C=O) groups is 2. The number of rotatable bonds is 9. The Hall–Kier alpha value is -5.76. The average molecular weight is 687 g/mol. The quantitative estimate of drug-likeness (QED) is 0.159. The van der Waals surface area contributed by atoms with Crippen LogP contribution in [0.5, 0.6) is 0 Å². The highest BCUT2D eigenvalue weighted by Crippen LogP contribution is 2.38. The van der Waals surface area contributed by atoms with Gasteiger partial charge in [-0.3, -0.25) is 9.59 Å². The van der Waals surface area contributed by atoms with E-state index in [9.17, 15) is 9.59 Å². The highest BCUT2D eigenvalue weighted by molar-refractivity contribution is 5.90. The molecule has 52 heavy (non-hydrogen) atoms. The Labute approximate surface area is 305 Å². The Morgan fingerprint density at radius 2 is 0.904 bits per heavy atom. The van der Waals surface area contributed by atoms with Gasteiger partial charge in [-0.1, -0.05) is 109 Å². The molecular weight excluding hydrogens is 645 g/mol. The SMILES string of the molecule is CC1CCC(c2nc(-c3ccc(-c4ccc(-c5c[nH]c([C@@H]6CC[C@H](C)N6C(=O)[CH]c6ccccc6)n5)cc4)cc3)c[nH]2)N1C(=O)[CH]c1ccccc1. The molecule has 0 spiro atoms. The number of aromatic nitrogens is 4. The summed E-state index contributed by atoms with van der Waals surface area (Å²) in [7, 11) is 0. The van der Waals surface area contributed by atoms with E-state index < -0.39 is 0 Å². The van der Waals surface area contributed by atoms with E-state index in [0.29, 0.717) is 0 Å². The molecule has 260 valence electrons. The van der Waals surface area contributed by atoms with Crippen LogP contribution in [0.4, 0.5) is 0 Å². The Morgan fingerprint density at radius 1 is 0.538 bits per heavy atom. The highest BCUT2D eigenvalue weighted by atomic mass is 16.2. The minimum absolute atomic E-state index is 0.0159. The van der Waals surface area contributed by atoms with Gasteiger partial charge in [0.25, 0.3) is 0 Å². The van der Waals surface area contributed by atoms with Crippen molar-refractivity contribution in [2.75, 3.05) is 0 Å². The van der Waals surface area contributed by atoms with Crippen LogP contribution in [0.1, 0.15) is 74.4 Å². The van der Waals surface area contributed by atoms with Crippen LogP contribution >= 0.6 is 0 Å². The van der Waals surface area contributed by atoms with Gasteiger partial charge in [-0.05, 0) is 61.8 Å². The smallest absolute Gasteiger partial charge is 0.232 e. The topological polar surface area (TPSA) is 98.0 Å². The van der Waals surface area contributed by atoms with Gasteiger partial charge in [0.2, 0.25) is 11.8 Å². The lowest BCUT2D eigenvalue weighted by molar-refractivity contribution is -0.130. The van der Waals surface area contributed by atoms with Crippen LogP contribution in [0.15, 0.2) is 122 Å². The summed E-state index contributed by atoms with van der Waals surface area (Å²) in [4.78, 5) is 47.2. The zero-order valence-corrected chi connectivity index (χ0v) is 29.4. The van der Waals surface area contributed by atoms with Gasteiger partial charge in [0, 0.05) is 35.6 Å². The van der Waals surface area contributed by atoms with Gasteiger partial charge in [-0.15, -0.1) is 0 Å². The molecule has 4 atom stereocenters. The summed E-state index contributed by atoms with van der Waals surface area (Å²) in [5.74, 6) is 1.68. The lowest BCUT2D eigenvalue weighted by Crippen LogP contribution is -2.36. The van der Waals surface area contributed by atoms with Gasteiger partial charge in [-0.2, -0.15) is 0 Å². The molecule has 2 amide bonds. The summed E-state index contributed by atoms with van der Waals surface area (Å²) in [6.45, 7) is 4.22. The first-order chi connectivity index (χ1) is 25.4. The molecule has 2 aliphatic heterocycles. The Balaban J connectivity index is 0.924. The second-order valence-corrected chi connectivity index (χ2v) is 14.0. The zero-order valence-electron chi connectivity index (χ0n) is 29.4. The minimum atomic E-state index is -0.0825. The molecular formula is C44H42N6O2. The van der Waals surface area contributed by atoms with Crippen molar-refractivity contribution in [3.05, 3.63) is 157 Å². The second kappa shape index (κ2) is 14.5. The summed E-state index contributed by atoms with van der Waals surface area (Å²) in [5.41, 5.74) is 7.78. The van der Waals surface area contributed by atoms with Gasteiger partial charge in [0.05, 0.1) is 36.3 Å². The van der Waals surface area contributed by atoms with E-state index in [-0.39, 0.29) is 36.0 Å². The number of nitrogens with zero attached hydrogens (tertiary/aromatic N) is 4. The first kappa shape index (κ1) is 33.4.